The van der Waals surface area contributed by atoms with Crippen molar-refractivity contribution in [2.24, 2.45) is 11.8 Å². The molecule has 1 aliphatic heterocycles. The maximum Gasteiger partial charge on any atom is 0.294 e. The van der Waals surface area contributed by atoms with Gasteiger partial charge in [-0.25, -0.2) is 9.29 Å². The number of allylic oxidation sites excluding steroid dienone is 2. The number of anilines is 2. The van der Waals surface area contributed by atoms with Crippen molar-refractivity contribution in [2.45, 2.75) is 19.3 Å². The number of nitrogens with one attached hydrogen (secondary N) is 1. The van der Waals surface area contributed by atoms with E-state index in [1.54, 1.807) is 12.1 Å². The lowest BCUT2D eigenvalue weighted by molar-refractivity contribution is -0.383. The molecule has 1 fully saturated rings. The maximum atomic E-state index is 13.3. The number of nitro groups is 1. The predicted molar refractivity (Wildman–Crippen MR) is 110 cm³/mol. The van der Waals surface area contributed by atoms with Crippen molar-refractivity contribution in [3.05, 3.63) is 76.1 Å². The van der Waals surface area contributed by atoms with Crippen molar-refractivity contribution < 1.29 is 18.9 Å². The summed E-state index contributed by atoms with van der Waals surface area (Å²) in [5, 5.41) is 14.6. The largest absolute Gasteiger partial charge is 0.379 e. The van der Waals surface area contributed by atoms with Crippen molar-refractivity contribution in [3.63, 3.8) is 0 Å². The molecule has 1 N–H and O–H groups in total. The number of carbonyl (C=O) groups is 2. The summed E-state index contributed by atoms with van der Waals surface area (Å²) in [7, 11) is 0. The van der Waals surface area contributed by atoms with Crippen molar-refractivity contribution in [3.8, 4) is 0 Å². The molecule has 0 spiro atoms. The highest BCUT2D eigenvalue weighted by Crippen LogP contribution is 2.39. The summed E-state index contributed by atoms with van der Waals surface area (Å²) in [5.74, 6) is -1.75. The van der Waals surface area contributed by atoms with E-state index >= 15 is 0 Å². The molecular formula is C22H20FN3O4. The molecule has 0 aromatic heterocycles. The van der Waals surface area contributed by atoms with Gasteiger partial charge in [0.15, 0.2) is 0 Å². The average molecular weight is 409 g/mol. The Kier molecular flexibility index (Phi) is 5.31. The summed E-state index contributed by atoms with van der Waals surface area (Å²) in [6, 6.07) is 10.5. The van der Waals surface area contributed by atoms with E-state index in [1.165, 1.54) is 30.3 Å². The molecule has 0 bridgehead atoms. The van der Waals surface area contributed by atoms with Crippen molar-refractivity contribution in [2.75, 3.05) is 16.8 Å². The quantitative estimate of drug-likeness (QED) is 0.339. The minimum Gasteiger partial charge on any atom is -0.379 e. The normalized spacial score (nSPS) is 20.4. The number of hydrogen-bond acceptors (Lipinski definition) is 5. The minimum absolute atomic E-state index is 0.210. The zero-order chi connectivity index (χ0) is 21.3. The number of benzene rings is 2. The Hall–Kier alpha value is -3.55. The number of hydrogen-bond donors (Lipinski definition) is 1. The number of carbonyl (C=O) groups excluding carboxylic acids is 2. The molecule has 1 saturated heterocycles. The van der Waals surface area contributed by atoms with E-state index < -0.39 is 16.8 Å². The van der Waals surface area contributed by atoms with E-state index in [0.29, 0.717) is 25.8 Å². The van der Waals surface area contributed by atoms with Gasteiger partial charge < -0.3 is 5.32 Å². The van der Waals surface area contributed by atoms with Crippen LogP contribution < -0.4 is 10.2 Å². The van der Waals surface area contributed by atoms with E-state index in [4.69, 9.17) is 0 Å². The second-order valence-corrected chi connectivity index (χ2v) is 7.43. The molecule has 1 aliphatic carbocycles. The smallest absolute Gasteiger partial charge is 0.294 e. The van der Waals surface area contributed by atoms with Crippen LogP contribution in [0.3, 0.4) is 0 Å². The van der Waals surface area contributed by atoms with Crippen LogP contribution in [0.5, 0.6) is 0 Å². The van der Waals surface area contributed by atoms with Crippen LogP contribution in [0.15, 0.2) is 54.6 Å². The molecule has 4 rings (SSSR count). The summed E-state index contributed by atoms with van der Waals surface area (Å²) in [6.45, 7) is 0.362. The summed E-state index contributed by atoms with van der Waals surface area (Å²) >= 11 is 0. The van der Waals surface area contributed by atoms with Crippen molar-refractivity contribution in [1.29, 1.82) is 0 Å². The van der Waals surface area contributed by atoms with Gasteiger partial charge in [0.1, 0.15) is 11.5 Å². The Morgan fingerprint density at radius 1 is 1.07 bits per heavy atom. The van der Waals surface area contributed by atoms with Gasteiger partial charge in [-0.15, -0.1) is 0 Å². The number of nitro benzene ring substituents is 1. The third-order valence-corrected chi connectivity index (χ3v) is 5.56. The van der Waals surface area contributed by atoms with E-state index in [-0.39, 0.29) is 34.7 Å². The highest BCUT2D eigenvalue weighted by atomic mass is 19.1. The maximum absolute atomic E-state index is 13.3. The molecule has 1 heterocycles. The monoisotopic (exact) mass is 409 g/mol. The molecule has 30 heavy (non-hydrogen) atoms. The van der Waals surface area contributed by atoms with E-state index in [2.05, 4.69) is 5.32 Å². The van der Waals surface area contributed by atoms with Crippen LogP contribution in [0, 0.1) is 27.8 Å². The first-order chi connectivity index (χ1) is 14.5. The van der Waals surface area contributed by atoms with Gasteiger partial charge in [-0.05, 0) is 49.1 Å². The van der Waals surface area contributed by atoms with Gasteiger partial charge in [-0.3, -0.25) is 19.7 Å². The number of halogens is 1. The average Bonchev–Trinajstić information content (AvgIpc) is 2.99. The van der Waals surface area contributed by atoms with Gasteiger partial charge in [0.05, 0.1) is 22.4 Å². The lowest BCUT2D eigenvalue weighted by atomic mass is 9.85. The van der Waals surface area contributed by atoms with E-state index in [0.717, 1.165) is 10.5 Å². The first-order valence-electron chi connectivity index (χ1n) is 9.75. The van der Waals surface area contributed by atoms with Crippen LogP contribution in [-0.2, 0) is 16.0 Å². The van der Waals surface area contributed by atoms with Crippen molar-refractivity contribution >= 4 is 28.9 Å². The summed E-state index contributed by atoms with van der Waals surface area (Å²) < 4.78 is 13.3. The highest BCUT2D eigenvalue weighted by Gasteiger charge is 2.48. The van der Waals surface area contributed by atoms with Crippen LogP contribution in [0.25, 0.3) is 0 Å². The summed E-state index contributed by atoms with van der Waals surface area (Å²) in [6.07, 6.45) is 5.28. The molecule has 2 atom stereocenters. The molecule has 2 aliphatic rings. The summed E-state index contributed by atoms with van der Waals surface area (Å²) in [4.78, 5) is 37.6. The number of amides is 2. The zero-order valence-corrected chi connectivity index (χ0v) is 16.1. The first kappa shape index (κ1) is 19.8. The van der Waals surface area contributed by atoms with E-state index in [9.17, 15) is 24.1 Å². The van der Waals surface area contributed by atoms with Crippen LogP contribution in [0.4, 0.5) is 21.5 Å². The lowest BCUT2D eigenvalue weighted by Crippen LogP contribution is -2.30. The van der Waals surface area contributed by atoms with Gasteiger partial charge in [-0.2, -0.15) is 0 Å². The van der Waals surface area contributed by atoms with Gasteiger partial charge in [-0.1, -0.05) is 24.3 Å². The lowest BCUT2D eigenvalue weighted by Gasteiger charge is -2.16. The SMILES string of the molecule is O=C1[C@H]2CC=CC[C@@H]2C(=O)N1c1ccc(NCCc2cccc(F)c2)c([N+](=O)[O-])c1. The van der Waals surface area contributed by atoms with Gasteiger partial charge in [0.2, 0.25) is 11.8 Å². The second-order valence-electron chi connectivity index (χ2n) is 7.43. The molecule has 7 nitrogen and oxygen atoms in total. The molecule has 2 amide bonds. The fourth-order valence-corrected chi connectivity index (χ4v) is 4.05. The van der Waals surface area contributed by atoms with Gasteiger partial charge in [0.25, 0.3) is 5.69 Å². The standard InChI is InChI=1S/C22H20FN3O4/c23-15-5-3-4-14(12-15)10-11-24-19-9-8-16(13-20(19)26(29)30)25-21(27)17-6-1-2-7-18(17)22(25)28/h1-5,8-9,12-13,17-18,24H,6-7,10-11H2/t17-,18-/m0/s1. The third-order valence-electron chi connectivity index (χ3n) is 5.56. The Labute approximate surface area is 172 Å². The molecule has 2 aromatic rings. The van der Waals surface area contributed by atoms with Crippen molar-refractivity contribution in [1.82, 2.24) is 0 Å². The molecule has 154 valence electrons. The van der Waals surface area contributed by atoms with E-state index in [1.807, 2.05) is 12.2 Å². The van der Waals surface area contributed by atoms with Crippen LogP contribution >= 0.6 is 0 Å². The molecule has 8 heteroatoms. The topological polar surface area (TPSA) is 92.6 Å². The number of nitrogens with zero attached hydrogens (tertiary/aromatic N) is 2. The first-order valence-corrected chi connectivity index (χ1v) is 9.75. The predicted octanol–water partition coefficient (Wildman–Crippen LogP) is 3.84. The number of fused-ring (bicyclic) bond motifs is 1. The minimum atomic E-state index is -0.548. The fourth-order valence-electron chi connectivity index (χ4n) is 4.05. The number of imide groups is 1. The fraction of sp³-hybridized carbons (Fsp3) is 0.273. The molecular weight excluding hydrogens is 389 g/mol. The molecule has 0 radical (unpaired) electrons. The highest BCUT2D eigenvalue weighted by molar-refractivity contribution is 6.22. The Morgan fingerprint density at radius 2 is 1.77 bits per heavy atom. The molecule has 0 saturated carbocycles. The molecule has 0 unspecified atom stereocenters. The van der Waals surface area contributed by atoms with Crippen LogP contribution in [0.2, 0.25) is 0 Å². The Balaban J connectivity index is 1.53. The second kappa shape index (κ2) is 8.06. The zero-order valence-electron chi connectivity index (χ0n) is 16.1. The number of rotatable bonds is 6. The third kappa shape index (κ3) is 3.68. The molecule has 2 aromatic carbocycles. The summed E-state index contributed by atoms with van der Waals surface area (Å²) in [5.41, 5.74) is 1.03. The Morgan fingerprint density at radius 3 is 2.40 bits per heavy atom. The van der Waals surface area contributed by atoms with Crippen LogP contribution in [-0.4, -0.2) is 23.3 Å². The Bertz CT molecular complexity index is 1030. The van der Waals surface area contributed by atoms with Crippen LogP contribution in [0.1, 0.15) is 18.4 Å². The van der Waals surface area contributed by atoms with Gasteiger partial charge in [0, 0.05) is 12.6 Å². The van der Waals surface area contributed by atoms with Gasteiger partial charge >= 0.3 is 0 Å².